The van der Waals surface area contributed by atoms with E-state index >= 15 is 0 Å². The molecular formula is C11H16. The highest BCUT2D eigenvalue weighted by molar-refractivity contribution is 5.18. The molecule has 0 aliphatic rings. The molecule has 0 rings (SSSR count). The molecular weight excluding hydrogens is 132 g/mol. The summed E-state index contributed by atoms with van der Waals surface area (Å²) in [6.07, 6.45) is 10.2. The van der Waals surface area contributed by atoms with Crippen molar-refractivity contribution in [1.82, 2.24) is 0 Å². The van der Waals surface area contributed by atoms with Crippen molar-refractivity contribution in [2.75, 3.05) is 0 Å². The van der Waals surface area contributed by atoms with Gasteiger partial charge in [-0.05, 0) is 12.5 Å². The molecule has 0 nitrogen and oxygen atoms in total. The van der Waals surface area contributed by atoms with Crippen LogP contribution in [-0.4, -0.2) is 0 Å². The van der Waals surface area contributed by atoms with Crippen LogP contribution in [0.5, 0.6) is 0 Å². The molecule has 0 atom stereocenters. The Kier molecular flexibility index (Phi) is 8.25. The lowest BCUT2D eigenvalue weighted by Crippen LogP contribution is -1.69. The molecule has 11 heavy (non-hydrogen) atoms. The maximum Gasteiger partial charge on any atom is 0.00922 e. The van der Waals surface area contributed by atoms with E-state index in [1.54, 1.807) is 6.08 Å². The molecule has 0 aromatic rings. The van der Waals surface area contributed by atoms with Crippen LogP contribution in [0.2, 0.25) is 0 Å². The minimum Gasteiger partial charge on any atom is -0.0990 e. The van der Waals surface area contributed by atoms with Crippen molar-refractivity contribution in [2.45, 2.75) is 32.6 Å². The van der Waals surface area contributed by atoms with Crippen LogP contribution in [-0.2, 0) is 0 Å². The van der Waals surface area contributed by atoms with Crippen molar-refractivity contribution in [3.8, 4) is 11.8 Å². The maximum absolute atomic E-state index is 3.55. The molecule has 0 unspecified atom stereocenters. The van der Waals surface area contributed by atoms with E-state index in [2.05, 4.69) is 25.3 Å². The predicted octanol–water partition coefficient (Wildman–Crippen LogP) is 3.31. The van der Waals surface area contributed by atoms with Gasteiger partial charge in [0.1, 0.15) is 0 Å². The summed E-state index contributed by atoms with van der Waals surface area (Å²) in [5.41, 5.74) is 0. The third-order valence-corrected chi connectivity index (χ3v) is 1.32. The molecule has 60 valence electrons. The highest BCUT2D eigenvalue weighted by Gasteiger charge is 1.78. The van der Waals surface area contributed by atoms with Gasteiger partial charge in [0.15, 0.2) is 0 Å². The van der Waals surface area contributed by atoms with E-state index in [1.165, 1.54) is 19.3 Å². The zero-order valence-electron chi connectivity index (χ0n) is 7.27. The number of hydrogen-bond donors (Lipinski definition) is 0. The second-order valence-corrected chi connectivity index (χ2v) is 2.37. The smallest absolute Gasteiger partial charge is 0.00922 e. The fourth-order valence-electron chi connectivity index (χ4n) is 0.711. The fourth-order valence-corrected chi connectivity index (χ4v) is 0.711. The Balaban J connectivity index is 3.25. The van der Waals surface area contributed by atoms with Crippen LogP contribution in [0, 0.1) is 11.8 Å². The van der Waals surface area contributed by atoms with Crippen molar-refractivity contribution in [3.63, 3.8) is 0 Å². The summed E-state index contributed by atoms with van der Waals surface area (Å²) >= 11 is 0. The van der Waals surface area contributed by atoms with Gasteiger partial charge in [0, 0.05) is 6.42 Å². The van der Waals surface area contributed by atoms with Crippen LogP contribution in [0.1, 0.15) is 32.6 Å². The van der Waals surface area contributed by atoms with Gasteiger partial charge >= 0.3 is 0 Å². The maximum atomic E-state index is 3.55. The fraction of sp³-hybridized carbons (Fsp3) is 0.455. The van der Waals surface area contributed by atoms with Crippen molar-refractivity contribution < 1.29 is 0 Å². The summed E-state index contributed by atoms with van der Waals surface area (Å²) in [6, 6.07) is 0. The molecule has 0 bridgehead atoms. The molecule has 0 aromatic carbocycles. The Hall–Kier alpha value is -0.960. The zero-order valence-corrected chi connectivity index (χ0v) is 7.27. The Labute approximate surface area is 70.0 Å². The van der Waals surface area contributed by atoms with Crippen LogP contribution >= 0.6 is 0 Å². The minimum atomic E-state index is 1.02. The van der Waals surface area contributed by atoms with Gasteiger partial charge in [0.25, 0.3) is 0 Å². The van der Waals surface area contributed by atoms with Crippen LogP contribution in [0.4, 0.5) is 0 Å². The number of allylic oxidation sites excluding steroid dienone is 3. The van der Waals surface area contributed by atoms with Crippen LogP contribution in [0.25, 0.3) is 0 Å². The van der Waals surface area contributed by atoms with Crippen molar-refractivity contribution in [1.29, 1.82) is 0 Å². The Morgan fingerprint density at radius 2 is 2.18 bits per heavy atom. The second-order valence-electron chi connectivity index (χ2n) is 2.37. The van der Waals surface area contributed by atoms with E-state index in [9.17, 15) is 0 Å². The van der Waals surface area contributed by atoms with E-state index in [0.29, 0.717) is 0 Å². The summed E-state index contributed by atoms with van der Waals surface area (Å²) in [5, 5.41) is 0. The molecule has 0 aromatic heterocycles. The summed E-state index contributed by atoms with van der Waals surface area (Å²) in [7, 11) is 0. The first kappa shape index (κ1) is 10.0. The first-order valence-corrected chi connectivity index (χ1v) is 4.17. The highest BCUT2D eigenvalue weighted by Crippen LogP contribution is 1.96. The molecule has 0 N–H and O–H groups in total. The molecule has 0 fully saturated rings. The largest absolute Gasteiger partial charge is 0.0990 e. The third-order valence-electron chi connectivity index (χ3n) is 1.32. The van der Waals surface area contributed by atoms with E-state index in [4.69, 9.17) is 0 Å². The SMILES string of the molecule is C=CC=CC#CCCCCC. The normalized spacial score (nSPS) is 9.18. The van der Waals surface area contributed by atoms with Gasteiger partial charge in [0.2, 0.25) is 0 Å². The summed E-state index contributed by atoms with van der Waals surface area (Å²) in [6.45, 7) is 5.75. The van der Waals surface area contributed by atoms with E-state index < -0.39 is 0 Å². The molecule has 0 heterocycles. The third kappa shape index (κ3) is 9.04. The molecule has 0 amide bonds. The Bertz CT molecular complexity index is 164. The molecule has 0 saturated carbocycles. The minimum absolute atomic E-state index is 1.02. The molecule has 0 heteroatoms. The molecule has 0 radical (unpaired) electrons. The average Bonchev–Trinajstić information content (AvgIpc) is 2.03. The molecule has 0 aliphatic heterocycles. The average molecular weight is 148 g/mol. The molecule has 0 spiro atoms. The van der Waals surface area contributed by atoms with Gasteiger partial charge < -0.3 is 0 Å². The van der Waals surface area contributed by atoms with Gasteiger partial charge in [-0.25, -0.2) is 0 Å². The first-order valence-electron chi connectivity index (χ1n) is 4.17. The Morgan fingerprint density at radius 3 is 2.82 bits per heavy atom. The topological polar surface area (TPSA) is 0 Å². The van der Waals surface area contributed by atoms with Crippen molar-refractivity contribution >= 4 is 0 Å². The second kappa shape index (κ2) is 9.04. The molecule has 0 saturated heterocycles. The quantitative estimate of drug-likeness (QED) is 0.326. The van der Waals surface area contributed by atoms with Gasteiger partial charge in [0.05, 0.1) is 0 Å². The van der Waals surface area contributed by atoms with Gasteiger partial charge in [-0.15, -0.1) is 0 Å². The van der Waals surface area contributed by atoms with E-state index in [0.717, 1.165) is 6.42 Å². The van der Waals surface area contributed by atoms with Crippen molar-refractivity contribution in [2.24, 2.45) is 0 Å². The predicted molar refractivity (Wildman–Crippen MR) is 51.3 cm³/mol. The summed E-state index contributed by atoms with van der Waals surface area (Å²) in [4.78, 5) is 0. The first-order chi connectivity index (χ1) is 5.41. The van der Waals surface area contributed by atoms with E-state index in [1.807, 2.05) is 12.2 Å². The summed E-state index contributed by atoms with van der Waals surface area (Å²) in [5.74, 6) is 6.01. The monoisotopic (exact) mass is 148 g/mol. The lowest BCUT2D eigenvalue weighted by Gasteiger charge is -1.87. The van der Waals surface area contributed by atoms with Gasteiger partial charge in [-0.2, -0.15) is 0 Å². The number of rotatable bonds is 4. The van der Waals surface area contributed by atoms with Crippen LogP contribution < -0.4 is 0 Å². The number of hydrogen-bond acceptors (Lipinski definition) is 0. The van der Waals surface area contributed by atoms with Crippen LogP contribution in [0.15, 0.2) is 24.8 Å². The lowest BCUT2D eigenvalue weighted by atomic mass is 10.2. The van der Waals surface area contributed by atoms with E-state index in [-0.39, 0.29) is 0 Å². The summed E-state index contributed by atoms with van der Waals surface area (Å²) < 4.78 is 0. The molecule has 0 aliphatic carbocycles. The Morgan fingerprint density at radius 1 is 1.36 bits per heavy atom. The lowest BCUT2D eigenvalue weighted by molar-refractivity contribution is 0.737. The van der Waals surface area contributed by atoms with Gasteiger partial charge in [-0.3, -0.25) is 0 Å². The highest BCUT2D eigenvalue weighted by atomic mass is 13.8. The number of unbranched alkanes of at least 4 members (excludes halogenated alkanes) is 3. The van der Waals surface area contributed by atoms with Crippen molar-refractivity contribution in [3.05, 3.63) is 24.8 Å². The zero-order chi connectivity index (χ0) is 8.36. The van der Waals surface area contributed by atoms with Crippen LogP contribution in [0.3, 0.4) is 0 Å². The standard InChI is InChI=1S/C11H16/c1-3-5-7-9-11-10-8-6-4-2/h3,5,7H,1,4,6,8,10H2,2H3. The van der Waals surface area contributed by atoms with Gasteiger partial charge in [-0.1, -0.05) is 50.3 Å².